The minimum Gasteiger partial charge on any atom is -0.0654 e. The van der Waals surface area contributed by atoms with E-state index in [0.29, 0.717) is 0 Å². The van der Waals surface area contributed by atoms with Gasteiger partial charge >= 0.3 is 0 Å². The third-order valence-electron chi connectivity index (χ3n) is 4.48. The maximum atomic E-state index is 2.46. The van der Waals surface area contributed by atoms with Gasteiger partial charge in [0.05, 0.1) is 0 Å². The lowest BCUT2D eigenvalue weighted by Crippen LogP contribution is -2.00. The van der Waals surface area contributed by atoms with Crippen molar-refractivity contribution in [3.05, 3.63) is 0 Å². The zero-order chi connectivity index (χ0) is 14.3. The summed E-state index contributed by atoms with van der Waals surface area (Å²) in [6.07, 6.45) is 18.8. The molecule has 0 fully saturated rings. The summed E-state index contributed by atoms with van der Waals surface area (Å²) in [6, 6.07) is 0. The molecule has 0 rings (SSSR count). The molecule has 0 radical (unpaired) electrons. The highest BCUT2D eigenvalue weighted by Crippen LogP contribution is 2.21. The summed E-state index contributed by atoms with van der Waals surface area (Å²) >= 11 is 0. The van der Waals surface area contributed by atoms with Crippen molar-refractivity contribution in [3.63, 3.8) is 0 Å². The van der Waals surface area contributed by atoms with E-state index in [1.165, 1.54) is 83.5 Å². The van der Waals surface area contributed by atoms with Crippen molar-refractivity contribution >= 4 is 0 Å². The lowest BCUT2D eigenvalue weighted by Gasteiger charge is -2.14. The zero-order valence-corrected chi connectivity index (χ0v) is 14.3. The van der Waals surface area contributed by atoms with Crippen molar-refractivity contribution < 1.29 is 0 Å². The van der Waals surface area contributed by atoms with Crippen LogP contribution in [0.3, 0.4) is 0 Å². The largest absolute Gasteiger partial charge is 0.0654 e. The van der Waals surface area contributed by atoms with Gasteiger partial charge in [0.1, 0.15) is 0 Å². The highest BCUT2D eigenvalue weighted by atomic mass is 14.1. The Hall–Kier alpha value is 0. The minimum atomic E-state index is 0.950. The van der Waals surface area contributed by atoms with Gasteiger partial charge in [-0.25, -0.2) is 0 Å². The van der Waals surface area contributed by atoms with E-state index in [9.17, 15) is 0 Å². The van der Waals surface area contributed by atoms with Gasteiger partial charge in [-0.2, -0.15) is 0 Å². The molecular weight excluding hydrogens is 228 g/mol. The first-order chi connectivity index (χ1) is 9.20. The first-order valence-corrected chi connectivity index (χ1v) is 9.20. The molecular formula is C19H40. The quantitative estimate of drug-likeness (QED) is 0.288. The topological polar surface area (TPSA) is 0 Å². The van der Waals surface area contributed by atoms with Crippen LogP contribution in [-0.4, -0.2) is 0 Å². The van der Waals surface area contributed by atoms with Crippen molar-refractivity contribution in [1.29, 1.82) is 0 Å². The van der Waals surface area contributed by atoms with E-state index in [4.69, 9.17) is 0 Å². The van der Waals surface area contributed by atoms with E-state index >= 15 is 0 Å². The maximum Gasteiger partial charge on any atom is -0.0443 e. The van der Waals surface area contributed by atoms with E-state index in [0.717, 1.165) is 11.8 Å². The van der Waals surface area contributed by atoms with Crippen LogP contribution in [0, 0.1) is 11.8 Å². The predicted octanol–water partition coefficient (Wildman–Crippen LogP) is 7.37. The number of rotatable bonds is 14. The molecule has 0 spiro atoms. The Morgan fingerprint density at radius 2 is 0.947 bits per heavy atom. The summed E-state index contributed by atoms with van der Waals surface area (Å²) in [5.41, 5.74) is 0. The molecule has 2 unspecified atom stereocenters. The third kappa shape index (κ3) is 14.2. The SMILES string of the molecule is CCCCCCCCCCC(C)CCC(C)CCC. The van der Waals surface area contributed by atoms with Crippen LogP contribution < -0.4 is 0 Å². The molecule has 0 heterocycles. The second kappa shape index (κ2) is 14.4. The summed E-state index contributed by atoms with van der Waals surface area (Å²) in [7, 11) is 0. The zero-order valence-electron chi connectivity index (χ0n) is 14.3. The van der Waals surface area contributed by atoms with Crippen LogP contribution in [0.25, 0.3) is 0 Å². The van der Waals surface area contributed by atoms with Gasteiger partial charge in [-0.3, -0.25) is 0 Å². The van der Waals surface area contributed by atoms with Gasteiger partial charge in [-0.15, -0.1) is 0 Å². The molecule has 0 bridgehead atoms. The van der Waals surface area contributed by atoms with Crippen LogP contribution >= 0.6 is 0 Å². The first-order valence-electron chi connectivity index (χ1n) is 9.20. The third-order valence-corrected chi connectivity index (χ3v) is 4.48. The van der Waals surface area contributed by atoms with Crippen molar-refractivity contribution in [3.8, 4) is 0 Å². The number of hydrogen-bond acceptors (Lipinski definition) is 0. The van der Waals surface area contributed by atoms with Gasteiger partial charge in [0, 0.05) is 0 Å². The van der Waals surface area contributed by atoms with E-state index < -0.39 is 0 Å². The van der Waals surface area contributed by atoms with Gasteiger partial charge < -0.3 is 0 Å². The average molecular weight is 269 g/mol. The Bertz CT molecular complexity index is 161. The van der Waals surface area contributed by atoms with Gasteiger partial charge in [-0.05, 0) is 11.8 Å². The predicted molar refractivity (Wildman–Crippen MR) is 89.7 cm³/mol. The standard InChI is InChI=1S/C19H40/c1-5-7-8-9-10-11-12-13-15-19(4)17-16-18(3)14-6-2/h18-19H,5-17H2,1-4H3. The molecule has 0 N–H and O–H groups in total. The molecule has 116 valence electrons. The van der Waals surface area contributed by atoms with Crippen molar-refractivity contribution in [2.45, 2.75) is 111 Å². The molecule has 0 saturated carbocycles. The van der Waals surface area contributed by atoms with Crippen LogP contribution in [0.15, 0.2) is 0 Å². The molecule has 0 aliphatic rings. The Kier molecular flexibility index (Phi) is 14.4. The van der Waals surface area contributed by atoms with E-state index in [1.54, 1.807) is 0 Å². The second-order valence-corrected chi connectivity index (χ2v) is 6.84. The molecule has 0 amide bonds. The summed E-state index contributed by atoms with van der Waals surface area (Å²) in [6.45, 7) is 9.48. The summed E-state index contributed by atoms with van der Waals surface area (Å²) in [4.78, 5) is 0. The van der Waals surface area contributed by atoms with Crippen LogP contribution in [0.1, 0.15) is 111 Å². The molecule has 2 atom stereocenters. The van der Waals surface area contributed by atoms with E-state index in [1.807, 2.05) is 0 Å². The molecule has 0 nitrogen and oxygen atoms in total. The minimum absolute atomic E-state index is 0.950. The maximum absolute atomic E-state index is 2.46. The molecule has 0 aliphatic heterocycles. The molecule has 0 saturated heterocycles. The van der Waals surface area contributed by atoms with Crippen molar-refractivity contribution in [2.24, 2.45) is 11.8 Å². The Morgan fingerprint density at radius 1 is 0.474 bits per heavy atom. The molecule has 0 aliphatic carbocycles. The summed E-state index contributed by atoms with van der Waals surface area (Å²) < 4.78 is 0. The molecule has 0 aromatic rings. The fraction of sp³-hybridized carbons (Fsp3) is 1.00. The van der Waals surface area contributed by atoms with E-state index in [-0.39, 0.29) is 0 Å². The number of unbranched alkanes of at least 4 members (excludes halogenated alkanes) is 7. The van der Waals surface area contributed by atoms with Crippen LogP contribution in [0.5, 0.6) is 0 Å². The molecule has 0 aromatic carbocycles. The van der Waals surface area contributed by atoms with Crippen molar-refractivity contribution in [2.75, 3.05) is 0 Å². The van der Waals surface area contributed by atoms with Gasteiger partial charge in [0.15, 0.2) is 0 Å². The smallest absolute Gasteiger partial charge is 0.0443 e. The van der Waals surface area contributed by atoms with Crippen LogP contribution in [-0.2, 0) is 0 Å². The summed E-state index contributed by atoms with van der Waals surface area (Å²) in [5.74, 6) is 1.91. The molecule has 0 aromatic heterocycles. The van der Waals surface area contributed by atoms with Gasteiger partial charge in [-0.1, -0.05) is 111 Å². The number of hydrogen-bond donors (Lipinski definition) is 0. The van der Waals surface area contributed by atoms with Gasteiger partial charge in [0.25, 0.3) is 0 Å². The fourth-order valence-electron chi connectivity index (χ4n) is 2.98. The van der Waals surface area contributed by atoms with Crippen molar-refractivity contribution in [1.82, 2.24) is 0 Å². The van der Waals surface area contributed by atoms with Gasteiger partial charge in [0.2, 0.25) is 0 Å². The summed E-state index contributed by atoms with van der Waals surface area (Å²) in [5, 5.41) is 0. The second-order valence-electron chi connectivity index (χ2n) is 6.84. The lowest BCUT2D eigenvalue weighted by atomic mass is 9.92. The van der Waals surface area contributed by atoms with Crippen LogP contribution in [0.4, 0.5) is 0 Å². The lowest BCUT2D eigenvalue weighted by molar-refractivity contribution is 0.384. The molecule has 0 heteroatoms. The first kappa shape index (κ1) is 19.0. The normalized spacial score (nSPS) is 14.5. The highest BCUT2D eigenvalue weighted by Gasteiger charge is 2.06. The Morgan fingerprint density at radius 3 is 1.47 bits per heavy atom. The fourth-order valence-corrected chi connectivity index (χ4v) is 2.98. The highest BCUT2D eigenvalue weighted by molar-refractivity contribution is 4.59. The van der Waals surface area contributed by atoms with E-state index in [2.05, 4.69) is 27.7 Å². The monoisotopic (exact) mass is 268 g/mol. The molecule has 19 heavy (non-hydrogen) atoms. The Labute approximate surface area is 123 Å². The van der Waals surface area contributed by atoms with Crippen LogP contribution in [0.2, 0.25) is 0 Å². The average Bonchev–Trinajstić information content (AvgIpc) is 2.40. The Balaban J connectivity index is 3.22.